The quantitative estimate of drug-likeness (QED) is 0.203. The SMILES string of the molecule is CC1(C)c2ccccc2Oc2ccc(-c3ccccc3C3(c4ccccc4)c4ccccc4-c4ccc5ccccc5c43)cc21. The summed E-state index contributed by atoms with van der Waals surface area (Å²) < 4.78 is 6.46. The van der Waals surface area contributed by atoms with Crippen LogP contribution in [0.5, 0.6) is 11.5 Å². The number of para-hydroxylation sites is 1. The lowest BCUT2D eigenvalue weighted by molar-refractivity contribution is 0.418. The first kappa shape index (κ1) is 26.0. The van der Waals surface area contributed by atoms with E-state index in [0.29, 0.717) is 0 Å². The normalized spacial score (nSPS) is 17.1. The van der Waals surface area contributed by atoms with Gasteiger partial charge in [0.15, 0.2) is 0 Å². The summed E-state index contributed by atoms with van der Waals surface area (Å²) in [6.07, 6.45) is 0. The average Bonchev–Trinajstić information content (AvgIpc) is 3.40. The molecule has 2 aliphatic rings. The van der Waals surface area contributed by atoms with Gasteiger partial charge in [0.1, 0.15) is 11.5 Å². The first-order valence-corrected chi connectivity index (χ1v) is 15.8. The largest absolute Gasteiger partial charge is 0.457 e. The molecule has 0 saturated carbocycles. The third-order valence-electron chi connectivity index (χ3n) is 10.2. The standard InChI is InChI=1S/C44H32O/c1-43(2)38-22-12-13-23-40(38)45-41-27-25-30(28-39(41)43)32-17-8-10-20-36(32)44(31-15-4-3-5-16-31)37-21-11-9-19-34(37)35-26-24-29-14-6-7-18-33(29)42(35)44/h3-28H,1-2H3. The van der Waals surface area contributed by atoms with Crippen LogP contribution in [0.1, 0.15) is 47.2 Å². The molecule has 1 atom stereocenters. The number of fused-ring (bicyclic) bond motifs is 7. The van der Waals surface area contributed by atoms with Crippen LogP contribution >= 0.6 is 0 Å². The average molecular weight is 577 g/mol. The number of ether oxygens (including phenoxy) is 1. The Morgan fingerprint density at radius 2 is 1.07 bits per heavy atom. The Morgan fingerprint density at radius 3 is 1.89 bits per heavy atom. The molecule has 1 aliphatic carbocycles. The molecule has 0 spiro atoms. The lowest BCUT2D eigenvalue weighted by atomic mass is 9.65. The molecule has 0 fully saturated rings. The molecule has 1 aliphatic heterocycles. The Morgan fingerprint density at radius 1 is 0.444 bits per heavy atom. The van der Waals surface area contributed by atoms with E-state index in [9.17, 15) is 0 Å². The maximum absolute atomic E-state index is 6.46. The van der Waals surface area contributed by atoms with Crippen LogP contribution in [0.15, 0.2) is 158 Å². The Hall–Kier alpha value is -5.40. The number of benzene rings is 7. The van der Waals surface area contributed by atoms with Crippen LogP contribution in [-0.2, 0) is 10.8 Å². The highest BCUT2D eigenvalue weighted by molar-refractivity contribution is 6.01. The van der Waals surface area contributed by atoms with Crippen LogP contribution in [0.3, 0.4) is 0 Å². The summed E-state index contributed by atoms with van der Waals surface area (Å²) in [5.74, 6) is 1.87. The topological polar surface area (TPSA) is 9.23 Å². The second-order valence-corrected chi connectivity index (χ2v) is 12.9. The van der Waals surface area contributed by atoms with Crippen molar-refractivity contribution in [3.63, 3.8) is 0 Å². The van der Waals surface area contributed by atoms with Crippen LogP contribution in [0, 0.1) is 0 Å². The summed E-state index contributed by atoms with van der Waals surface area (Å²) in [7, 11) is 0. The highest BCUT2D eigenvalue weighted by Gasteiger charge is 2.48. The third kappa shape index (κ3) is 3.56. The van der Waals surface area contributed by atoms with Gasteiger partial charge in [0.25, 0.3) is 0 Å². The Balaban J connectivity index is 1.37. The second kappa shape index (κ2) is 9.55. The van der Waals surface area contributed by atoms with Crippen molar-refractivity contribution in [1.82, 2.24) is 0 Å². The van der Waals surface area contributed by atoms with Gasteiger partial charge in [-0.3, -0.25) is 0 Å². The van der Waals surface area contributed by atoms with Crippen molar-refractivity contribution in [2.24, 2.45) is 0 Å². The molecule has 1 heterocycles. The van der Waals surface area contributed by atoms with Gasteiger partial charge in [-0.05, 0) is 73.5 Å². The van der Waals surface area contributed by atoms with Crippen molar-refractivity contribution in [3.05, 3.63) is 191 Å². The molecule has 0 saturated heterocycles. The van der Waals surface area contributed by atoms with E-state index in [2.05, 4.69) is 172 Å². The van der Waals surface area contributed by atoms with Gasteiger partial charge in [0.2, 0.25) is 0 Å². The van der Waals surface area contributed by atoms with E-state index in [1.807, 2.05) is 0 Å². The molecule has 0 radical (unpaired) electrons. The summed E-state index contributed by atoms with van der Waals surface area (Å²) in [6, 6.07) is 57.8. The molecule has 1 nitrogen and oxygen atoms in total. The Bertz CT molecular complexity index is 2280. The second-order valence-electron chi connectivity index (χ2n) is 12.9. The van der Waals surface area contributed by atoms with Gasteiger partial charge in [-0.25, -0.2) is 0 Å². The minimum atomic E-state index is -0.515. The number of hydrogen-bond acceptors (Lipinski definition) is 1. The van der Waals surface area contributed by atoms with Crippen molar-refractivity contribution < 1.29 is 4.74 Å². The summed E-state index contributed by atoms with van der Waals surface area (Å²) in [4.78, 5) is 0. The van der Waals surface area contributed by atoms with E-state index in [0.717, 1.165) is 11.5 Å². The molecule has 0 aromatic heterocycles. The van der Waals surface area contributed by atoms with Crippen molar-refractivity contribution in [2.45, 2.75) is 24.7 Å². The number of hydrogen-bond donors (Lipinski definition) is 0. The summed E-state index contributed by atoms with van der Waals surface area (Å²) in [5.41, 5.74) is 12.0. The van der Waals surface area contributed by atoms with E-state index in [-0.39, 0.29) is 5.41 Å². The summed E-state index contributed by atoms with van der Waals surface area (Å²) >= 11 is 0. The fraction of sp³-hybridized carbons (Fsp3) is 0.0909. The highest BCUT2D eigenvalue weighted by atomic mass is 16.5. The van der Waals surface area contributed by atoms with E-state index >= 15 is 0 Å². The molecule has 7 aromatic rings. The van der Waals surface area contributed by atoms with Crippen molar-refractivity contribution in [2.75, 3.05) is 0 Å². The molecule has 0 amide bonds. The first-order chi connectivity index (χ1) is 22.1. The maximum atomic E-state index is 6.46. The third-order valence-corrected chi connectivity index (χ3v) is 10.2. The molecular weight excluding hydrogens is 544 g/mol. The van der Waals surface area contributed by atoms with Gasteiger partial charge in [-0.15, -0.1) is 0 Å². The van der Waals surface area contributed by atoms with Crippen molar-refractivity contribution in [3.8, 4) is 33.8 Å². The molecule has 1 heteroatoms. The van der Waals surface area contributed by atoms with Gasteiger partial charge in [-0.1, -0.05) is 153 Å². The monoisotopic (exact) mass is 576 g/mol. The van der Waals surface area contributed by atoms with Gasteiger partial charge in [0.05, 0.1) is 5.41 Å². The van der Waals surface area contributed by atoms with E-state index < -0.39 is 5.41 Å². The summed E-state index contributed by atoms with van der Waals surface area (Å²) in [6.45, 7) is 4.62. The van der Waals surface area contributed by atoms with Crippen LogP contribution in [0.4, 0.5) is 0 Å². The van der Waals surface area contributed by atoms with E-state index in [4.69, 9.17) is 4.74 Å². The van der Waals surface area contributed by atoms with Crippen LogP contribution in [0.2, 0.25) is 0 Å². The molecule has 9 rings (SSSR count). The smallest absolute Gasteiger partial charge is 0.131 e. The highest BCUT2D eigenvalue weighted by Crippen LogP contribution is 2.59. The zero-order valence-corrected chi connectivity index (χ0v) is 25.4. The fourth-order valence-electron chi connectivity index (χ4n) is 8.18. The molecule has 0 bridgehead atoms. The van der Waals surface area contributed by atoms with Gasteiger partial charge >= 0.3 is 0 Å². The number of rotatable bonds is 3. The predicted molar refractivity (Wildman–Crippen MR) is 185 cm³/mol. The van der Waals surface area contributed by atoms with E-state index in [1.165, 1.54) is 66.4 Å². The first-order valence-electron chi connectivity index (χ1n) is 15.8. The zero-order chi connectivity index (χ0) is 30.2. The van der Waals surface area contributed by atoms with Crippen LogP contribution < -0.4 is 4.74 Å². The minimum Gasteiger partial charge on any atom is -0.457 e. The van der Waals surface area contributed by atoms with Gasteiger partial charge < -0.3 is 4.74 Å². The maximum Gasteiger partial charge on any atom is 0.131 e. The molecule has 1 unspecified atom stereocenters. The van der Waals surface area contributed by atoms with Gasteiger partial charge in [0, 0.05) is 16.5 Å². The van der Waals surface area contributed by atoms with E-state index in [1.54, 1.807) is 0 Å². The molecular formula is C44H32O. The predicted octanol–water partition coefficient (Wildman–Crippen LogP) is 11.3. The molecule has 214 valence electrons. The van der Waals surface area contributed by atoms with Crippen LogP contribution in [-0.4, -0.2) is 0 Å². The van der Waals surface area contributed by atoms with Crippen molar-refractivity contribution >= 4 is 10.8 Å². The lowest BCUT2D eigenvalue weighted by Gasteiger charge is -2.37. The van der Waals surface area contributed by atoms with Gasteiger partial charge in [-0.2, -0.15) is 0 Å². The minimum absolute atomic E-state index is 0.199. The Kier molecular flexibility index (Phi) is 5.53. The fourth-order valence-corrected chi connectivity index (χ4v) is 8.18. The zero-order valence-electron chi connectivity index (χ0n) is 25.4. The molecule has 7 aromatic carbocycles. The van der Waals surface area contributed by atoms with Crippen molar-refractivity contribution in [1.29, 1.82) is 0 Å². The molecule has 45 heavy (non-hydrogen) atoms. The van der Waals surface area contributed by atoms with Crippen LogP contribution in [0.25, 0.3) is 33.0 Å². The lowest BCUT2D eigenvalue weighted by Crippen LogP contribution is -2.29. The Labute approximate surface area is 264 Å². The summed E-state index contributed by atoms with van der Waals surface area (Å²) in [5, 5.41) is 2.55. The molecule has 0 N–H and O–H groups in total.